The standard InChI is InChI=1S/C32H33ClN2O6/c33-23-10-11-25(26(20-23)28(30(37)38)31(39)40)29(36)35-18-14-32(15-19-35)12-16-34(17-13-32)21-22-6-4-5-9-27(22)41-24-7-2-1-3-8-24/h1-11,20,28H,12-19,21H2,(H,37,38)(H,39,40). The fourth-order valence-corrected chi connectivity index (χ4v) is 6.15. The number of benzene rings is 3. The van der Waals surface area contributed by atoms with Crippen molar-refractivity contribution in [3.63, 3.8) is 0 Å². The number of piperidine rings is 2. The van der Waals surface area contributed by atoms with Crippen molar-refractivity contribution < 1.29 is 29.3 Å². The molecule has 41 heavy (non-hydrogen) atoms. The molecule has 2 saturated heterocycles. The largest absolute Gasteiger partial charge is 0.480 e. The molecule has 214 valence electrons. The third kappa shape index (κ3) is 6.55. The first-order chi connectivity index (χ1) is 19.7. The number of carbonyl (C=O) groups excluding carboxylic acids is 1. The number of hydrogen-bond acceptors (Lipinski definition) is 5. The Hall–Kier alpha value is -3.88. The van der Waals surface area contributed by atoms with Gasteiger partial charge in [-0.25, -0.2) is 0 Å². The third-order valence-electron chi connectivity index (χ3n) is 8.41. The molecule has 8 nitrogen and oxygen atoms in total. The fourth-order valence-electron chi connectivity index (χ4n) is 5.97. The summed E-state index contributed by atoms with van der Waals surface area (Å²) in [6.07, 6.45) is 3.76. The number of hydrogen-bond donors (Lipinski definition) is 2. The van der Waals surface area contributed by atoms with Crippen LogP contribution in [-0.2, 0) is 16.1 Å². The van der Waals surface area contributed by atoms with Gasteiger partial charge in [-0.2, -0.15) is 0 Å². The predicted molar refractivity (Wildman–Crippen MR) is 155 cm³/mol. The highest BCUT2D eigenvalue weighted by Crippen LogP contribution is 2.42. The Balaban J connectivity index is 1.20. The Morgan fingerprint density at radius 1 is 0.829 bits per heavy atom. The number of aliphatic carboxylic acids is 2. The molecular formula is C32H33ClN2O6. The number of nitrogens with zero attached hydrogens (tertiary/aromatic N) is 2. The van der Waals surface area contributed by atoms with Crippen LogP contribution in [0.3, 0.4) is 0 Å². The van der Waals surface area contributed by atoms with Crippen molar-refractivity contribution in [1.82, 2.24) is 9.80 Å². The molecule has 0 aliphatic carbocycles. The van der Waals surface area contributed by atoms with Gasteiger partial charge in [-0.05, 0) is 86.1 Å². The van der Waals surface area contributed by atoms with Gasteiger partial charge in [0.2, 0.25) is 0 Å². The number of rotatable bonds is 8. The van der Waals surface area contributed by atoms with Crippen LogP contribution in [0, 0.1) is 5.41 Å². The van der Waals surface area contributed by atoms with Crippen molar-refractivity contribution in [3.05, 3.63) is 94.5 Å². The van der Waals surface area contributed by atoms with E-state index in [2.05, 4.69) is 11.0 Å². The van der Waals surface area contributed by atoms with E-state index in [9.17, 15) is 24.6 Å². The summed E-state index contributed by atoms with van der Waals surface area (Å²) in [7, 11) is 0. The smallest absolute Gasteiger partial charge is 0.322 e. The van der Waals surface area contributed by atoms with Crippen LogP contribution in [0.5, 0.6) is 11.5 Å². The van der Waals surface area contributed by atoms with Gasteiger partial charge >= 0.3 is 11.9 Å². The Kier molecular flexibility index (Phi) is 8.61. The van der Waals surface area contributed by atoms with Crippen LogP contribution in [0.25, 0.3) is 0 Å². The van der Waals surface area contributed by atoms with Gasteiger partial charge in [0.25, 0.3) is 5.91 Å². The van der Waals surface area contributed by atoms with Crippen molar-refractivity contribution in [2.75, 3.05) is 26.2 Å². The summed E-state index contributed by atoms with van der Waals surface area (Å²) in [5, 5.41) is 19.2. The lowest BCUT2D eigenvalue weighted by Crippen LogP contribution is -2.48. The Labute approximate surface area is 244 Å². The highest BCUT2D eigenvalue weighted by Gasteiger charge is 2.40. The molecule has 2 fully saturated rings. The van der Waals surface area contributed by atoms with Crippen LogP contribution in [0.15, 0.2) is 72.8 Å². The average Bonchev–Trinajstić information content (AvgIpc) is 2.96. The highest BCUT2D eigenvalue weighted by atomic mass is 35.5. The lowest BCUT2D eigenvalue weighted by atomic mass is 9.71. The molecule has 0 atom stereocenters. The molecule has 3 aromatic carbocycles. The summed E-state index contributed by atoms with van der Waals surface area (Å²) in [4.78, 5) is 41.0. The first-order valence-corrected chi connectivity index (χ1v) is 14.2. The first-order valence-electron chi connectivity index (χ1n) is 13.8. The maximum Gasteiger partial charge on any atom is 0.322 e. The van der Waals surface area contributed by atoms with Crippen molar-refractivity contribution in [3.8, 4) is 11.5 Å². The van der Waals surface area contributed by atoms with Crippen molar-refractivity contribution >= 4 is 29.4 Å². The van der Waals surface area contributed by atoms with E-state index in [0.29, 0.717) is 13.1 Å². The number of amides is 1. The molecule has 3 aromatic rings. The topological polar surface area (TPSA) is 107 Å². The Morgan fingerprint density at radius 3 is 2.10 bits per heavy atom. The van der Waals surface area contributed by atoms with Crippen molar-refractivity contribution in [1.29, 1.82) is 0 Å². The summed E-state index contributed by atoms with van der Waals surface area (Å²) < 4.78 is 6.15. The van der Waals surface area contributed by atoms with Gasteiger partial charge < -0.3 is 19.8 Å². The van der Waals surface area contributed by atoms with E-state index in [4.69, 9.17) is 16.3 Å². The van der Waals surface area contributed by atoms with E-state index >= 15 is 0 Å². The zero-order valence-electron chi connectivity index (χ0n) is 22.7. The number of halogens is 1. The van der Waals surface area contributed by atoms with Crippen LogP contribution >= 0.6 is 11.6 Å². The number of para-hydroxylation sites is 2. The Bertz CT molecular complexity index is 1400. The van der Waals surface area contributed by atoms with Gasteiger partial charge in [0, 0.05) is 35.8 Å². The summed E-state index contributed by atoms with van der Waals surface area (Å²) in [6, 6.07) is 22.1. The SMILES string of the molecule is O=C(O)C(C(=O)O)c1cc(Cl)ccc1C(=O)N1CCC2(CCN(Cc3ccccc3Oc3ccccc3)CC2)CC1. The molecule has 0 aromatic heterocycles. The maximum atomic E-state index is 13.4. The number of carbonyl (C=O) groups is 3. The van der Waals surface area contributed by atoms with Gasteiger partial charge in [-0.3, -0.25) is 19.3 Å². The highest BCUT2D eigenvalue weighted by molar-refractivity contribution is 6.31. The number of ether oxygens (including phenoxy) is 1. The summed E-state index contributed by atoms with van der Waals surface area (Å²) >= 11 is 6.04. The van der Waals surface area contributed by atoms with E-state index < -0.39 is 17.9 Å². The molecule has 0 radical (unpaired) electrons. The quantitative estimate of drug-likeness (QED) is 0.321. The molecule has 2 heterocycles. The Morgan fingerprint density at radius 2 is 1.44 bits per heavy atom. The lowest BCUT2D eigenvalue weighted by molar-refractivity contribution is -0.150. The molecule has 5 rings (SSSR count). The number of likely N-dealkylation sites (tertiary alicyclic amines) is 2. The fraction of sp³-hybridized carbons (Fsp3) is 0.344. The zero-order chi connectivity index (χ0) is 29.0. The van der Waals surface area contributed by atoms with Gasteiger partial charge in [-0.15, -0.1) is 0 Å². The van der Waals surface area contributed by atoms with Crippen LogP contribution in [0.4, 0.5) is 0 Å². The minimum atomic E-state index is -1.86. The van der Waals surface area contributed by atoms with Gasteiger partial charge in [-0.1, -0.05) is 48.0 Å². The molecule has 2 aliphatic heterocycles. The maximum absolute atomic E-state index is 13.4. The second-order valence-electron chi connectivity index (χ2n) is 10.9. The van der Waals surface area contributed by atoms with Crippen molar-refractivity contribution in [2.45, 2.75) is 38.1 Å². The molecule has 1 amide bonds. The lowest BCUT2D eigenvalue weighted by Gasteiger charge is -2.47. The average molecular weight is 577 g/mol. The predicted octanol–water partition coefficient (Wildman–Crippen LogP) is 5.90. The van der Waals surface area contributed by atoms with E-state index in [1.807, 2.05) is 48.5 Å². The molecule has 9 heteroatoms. The minimum absolute atomic E-state index is 0.0753. The summed E-state index contributed by atoms with van der Waals surface area (Å²) in [5.74, 6) is -3.62. The molecule has 1 spiro atoms. The van der Waals surface area contributed by atoms with E-state index in [-0.39, 0.29) is 27.5 Å². The molecule has 0 bridgehead atoms. The van der Waals surface area contributed by atoms with Crippen LogP contribution < -0.4 is 4.74 Å². The first kappa shape index (κ1) is 28.6. The summed E-state index contributed by atoms with van der Waals surface area (Å²) in [6.45, 7) is 3.79. The molecule has 0 unspecified atom stereocenters. The minimum Gasteiger partial charge on any atom is -0.480 e. The monoisotopic (exact) mass is 576 g/mol. The van der Waals surface area contributed by atoms with Gasteiger partial charge in [0.05, 0.1) is 0 Å². The van der Waals surface area contributed by atoms with Gasteiger partial charge in [0.1, 0.15) is 11.5 Å². The summed E-state index contributed by atoms with van der Waals surface area (Å²) in [5.41, 5.74) is 1.28. The zero-order valence-corrected chi connectivity index (χ0v) is 23.4. The second-order valence-corrected chi connectivity index (χ2v) is 11.4. The molecule has 2 aliphatic rings. The van der Waals surface area contributed by atoms with E-state index in [0.717, 1.165) is 62.4 Å². The second kappa shape index (κ2) is 12.3. The molecule has 2 N–H and O–H groups in total. The molecule has 0 saturated carbocycles. The molecular weight excluding hydrogens is 544 g/mol. The number of carboxylic acids is 2. The normalized spacial score (nSPS) is 17.0. The van der Waals surface area contributed by atoms with E-state index in [1.165, 1.54) is 18.2 Å². The van der Waals surface area contributed by atoms with Crippen LogP contribution in [-0.4, -0.2) is 64.0 Å². The van der Waals surface area contributed by atoms with Crippen molar-refractivity contribution in [2.24, 2.45) is 5.41 Å². The third-order valence-corrected chi connectivity index (χ3v) is 8.65. The van der Waals surface area contributed by atoms with Crippen LogP contribution in [0.2, 0.25) is 5.02 Å². The van der Waals surface area contributed by atoms with Gasteiger partial charge in [0.15, 0.2) is 5.92 Å². The van der Waals surface area contributed by atoms with E-state index in [1.54, 1.807) is 4.90 Å². The number of carboxylic acid groups (broad SMARTS) is 2. The van der Waals surface area contributed by atoms with Crippen LogP contribution in [0.1, 0.15) is 53.1 Å².